The maximum absolute atomic E-state index is 13.2. The van der Waals surface area contributed by atoms with E-state index in [1.807, 2.05) is 11.0 Å². The van der Waals surface area contributed by atoms with Gasteiger partial charge in [0, 0.05) is 36.8 Å². The summed E-state index contributed by atoms with van der Waals surface area (Å²) < 4.78 is 43.6. The molecule has 1 fully saturated rings. The molecule has 1 aliphatic heterocycles. The molecular formula is C27H30F3N3O2. The molecule has 3 heterocycles. The van der Waals surface area contributed by atoms with Crippen molar-refractivity contribution >= 4 is 16.9 Å². The van der Waals surface area contributed by atoms with Crippen molar-refractivity contribution in [2.24, 2.45) is 11.8 Å². The van der Waals surface area contributed by atoms with Crippen molar-refractivity contribution in [2.75, 3.05) is 6.54 Å². The van der Waals surface area contributed by atoms with Crippen molar-refractivity contribution in [1.29, 1.82) is 0 Å². The van der Waals surface area contributed by atoms with E-state index in [4.69, 9.17) is 0 Å². The lowest BCUT2D eigenvalue weighted by atomic mass is 9.81. The van der Waals surface area contributed by atoms with E-state index in [9.17, 15) is 18.0 Å². The fraction of sp³-hybridized carbons (Fsp3) is 0.481. The van der Waals surface area contributed by atoms with Crippen molar-refractivity contribution in [2.45, 2.75) is 64.9 Å². The predicted octanol–water partition coefficient (Wildman–Crippen LogP) is 6.08. The van der Waals surface area contributed by atoms with Gasteiger partial charge in [0.05, 0.1) is 6.54 Å². The van der Waals surface area contributed by atoms with Crippen molar-refractivity contribution < 1.29 is 22.7 Å². The number of carbonyl (C=O) groups is 1. The second-order valence-corrected chi connectivity index (χ2v) is 9.97. The minimum Gasteiger partial charge on any atom is -0.406 e. The standard InChI is InChI=1S/C27H30F3N3O2/c1-18-4-6-19(7-5-18)15-25(34)32-14-12-22-23-3-2-13-31-26(23)33(24(22)17-32)16-20-8-10-21(11-9-20)35-27(28,29)30/h2-3,8-11,13,18-19H,4-7,12,14-17H2,1H3. The number of ether oxygens (including phenoxy) is 1. The number of fused-ring (bicyclic) bond motifs is 3. The highest BCUT2D eigenvalue weighted by Gasteiger charge is 2.31. The van der Waals surface area contributed by atoms with Crippen LogP contribution in [0.2, 0.25) is 0 Å². The number of carbonyl (C=O) groups excluding carboxylic acids is 1. The van der Waals surface area contributed by atoms with Crippen LogP contribution in [0.4, 0.5) is 13.2 Å². The molecule has 5 nitrogen and oxygen atoms in total. The third kappa shape index (κ3) is 5.31. The summed E-state index contributed by atoms with van der Waals surface area (Å²) in [5, 5.41) is 1.08. The molecule has 0 spiro atoms. The van der Waals surface area contributed by atoms with Gasteiger partial charge in [-0.25, -0.2) is 4.98 Å². The SMILES string of the molecule is CC1CCC(CC(=O)N2CCc3c(n(Cc4ccc(OC(F)(F)F)cc4)c4ncccc34)C2)CC1. The molecule has 1 aliphatic carbocycles. The maximum atomic E-state index is 13.2. The number of pyridine rings is 1. The summed E-state index contributed by atoms with van der Waals surface area (Å²) in [5.74, 6) is 1.21. The van der Waals surface area contributed by atoms with Crippen LogP contribution in [0.1, 0.15) is 55.8 Å². The second kappa shape index (κ2) is 9.55. The first kappa shape index (κ1) is 23.7. The summed E-state index contributed by atoms with van der Waals surface area (Å²) in [5.41, 5.74) is 3.94. The van der Waals surface area contributed by atoms with Crippen molar-refractivity contribution in [3.63, 3.8) is 0 Å². The number of alkyl halides is 3. The summed E-state index contributed by atoms with van der Waals surface area (Å²) in [7, 11) is 0. The monoisotopic (exact) mass is 485 g/mol. The average Bonchev–Trinajstić information content (AvgIpc) is 3.14. The van der Waals surface area contributed by atoms with E-state index in [-0.39, 0.29) is 11.7 Å². The Balaban J connectivity index is 1.37. The molecule has 0 saturated heterocycles. The number of nitrogens with zero attached hydrogens (tertiary/aromatic N) is 3. The minimum absolute atomic E-state index is 0.216. The van der Waals surface area contributed by atoms with Crippen LogP contribution in [0, 0.1) is 11.8 Å². The molecule has 8 heteroatoms. The number of halogens is 3. The van der Waals surface area contributed by atoms with E-state index in [0.29, 0.717) is 32.0 Å². The summed E-state index contributed by atoms with van der Waals surface area (Å²) >= 11 is 0. The number of hydrogen-bond acceptors (Lipinski definition) is 3. The zero-order chi connectivity index (χ0) is 24.6. The molecule has 0 N–H and O–H groups in total. The Kier molecular flexibility index (Phi) is 6.47. The van der Waals surface area contributed by atoms with Crippen LogP contribution >= 0.6 is 0 Å². The molecular weight excluding hydrogens is 455 g/mol. The second-order valence-electron chi connectivity index (χ2n) is 9.97. The Morgan fingerprint density at radius 2 is 1.86 bits per heavy atom. The van der Waals surface area contributed by atoms with Crippen LogP contribution in [0.3, 0.4) is 0 Å². The first-order valence-corrected chi connectivity index (χ1v) is 12.3. The lowest BCUT2D eigenvalue weighted by Crippen LogP contribution is -2.37. The van der Waals surface area contributed by atoms with Crippen molar-refractivity contribution in [3.8, 4) is 5.75 Å². The Morgan fingerprint density at radius 1 is 1.11 bits per heavy atom. The fourth-order valence-corrected chi connectivity index (χ4v) is 5.53. The number of amides is 1. The van der Waals surface area contributed by atoms with Crippen LogP contribution in [0.5, 0.6) is 5.75 Å². The predicted molar refractivity (Wildman–Crippen MR) is 127 cm³/mol. The number of benzene rings is 1. The van der Waals surface area contributed by atoms with E-state index in [1.165, 1.54) is 30.5 Å². The van der Waals surface area contributed by atoms with Gasteiger partial charge in [-0.15, -0.1) is 13.2 Å². The molecule has 3 aromatic rings. The highest BCUT2D eigenvalue weighted by Crippen LogP contribution is 2.34. The highest BCUT2D eigenvalue weighted by molar-refractivity contribution is 5.84. The Labute approximate surface area is 202 Å². The fourth-order valence-electron chi connectivity index (χ4n) is 5.53. The molecule has 0 bridgehead atoms. The number of rotatable bonds is 5. The smallest absolute Gasteiger partial charge is 0.406 e. The third-order valence-electron chi connectivity index (χ3n) is 7.46. The maximum Gasteiger partial charge on any atom is 0.573 e. The van der Waals surface area contributed by atoms with Gasteiger partial charge in [-0.1, -0.05) is 31.9 Å². The molecule has 2 aliphatic rings. The molecule has 1 saturated carbocycles. The van der Waals surface area contributed by atoms with Crippen LogP contribution in [0.15, 0.2) is 42.6 Å². The van der Waals surface area contributed by atoms with Gasteiger partial charge in [0.1, 0.15) is 11.4 Å². The molecule has 186 valence electrons. The van der Waals surface area contributed by atoms with Crippen LogP contribution in [0.25, 0.3) is 11.0 Å². The largest absolute Gasteiger partial charge is 0.573 e. The van der Waals surface area contributed by atoms with Crippen LogP contribution < -0.4 is 4.74 Å². The van der Waals surface area contributed by atoms with E-state index in [2.05, 4.69) is 27.3 Å². The highest BCUT2D eigenvalue weighted by atomic mass is 19.4. The summed E-state index contributed by atoms with van der Waals surface area (Å²) in [4.78, 5) is 19.8. The lowest BCUT2D eigenvalue weighted by molar-refractivity contribution is -0.274. The molecule has 0 atom stereocenters. The molecule has 1 aromatic carbocycles. The van der Waals surface area contributed by atoms with E-state index < -0.39 is 6.36 Å². The van der Waals surface area contributed by atoms with Gasteiger partial charge in [-0.2, -0.15) is 0 Å². The minimum atomic E-state index is -4.72. The van der Waals surface area contributed by atoms with Crippen LogP contribution in [-0.2, 0) is 24.3 Å². The van der Waals surface area contributed by atoms with Gasteiger partial charge in [0.15, 0.2) is 0 Å². The lowest BCUT2D eigenvalue weighted by Gasteiger charge is -2.31. The van der Waals surface area contributed by atoms with Gasteiger partial charge in [0.2, 0.25) is 5.91 Å². The van der Waals surface area contributed by atoms with Crippen molar-refractivity contribution in [3.05, 3.63) is 59.4 Å². The summed E-state index contributed by atoms with van der Waals surface area (Å²) in [6.45, 7) is 3.97. The number of hydrogen-bond donors (Lipinski definition) is 0. The van der Waals surface area contributed by atoms with Crippen LogP contribution in [-0.4, -0.2) is 33.3 Å². The van der Waals surface area contributed by atoms with Gasteiger partial charge in [-0.05, 0) is 66.5 Å². The molecule has 1 amide bonds. The van der Waals surface area contributed by atoms with E-state index in [1.54, 1.807) is 18.3 Å². The average molecular weight is 486 g/mol. The Hall–Kier alpha value is -3.03. The van der Waals surface area contributed by atoms with Gasteiger partial charge in [0.25, 0.3) is 0 Å². The summed E-state index contributed by atoms with van der Waals surface area (Å²) in [6, 6.07) is 9.90. The first-order chi connectivity index (χ1) is 16.8. The van der Waals surface area contributed by atoms with Gasteiger partial charge in [-0.3, -0.25) is 4.79 Å². The van der Waals surface area contributed by atoms with Gasteiger partial charge < -0.3 is 14.2 Å². The molecule has 0 radical (unpaired) electrons. The molecule has 2 aromatic heterocycles. The van der Waals surface area contributed by atoms with E-state index in [0.717, 1.165) is 47.5 Å². The molecule has 35 heavy (non-hydrogen) atoms. The zero-order valence-electron chi connectivity index (χ0n) is 19.9. The topological polar surface area (TPSA) is 47.4 Å². The first-order valence-electron chi connectivity index (χ1n) is 12.3. The van der Waals surface area contributed by atoms with Crippen molar-refractivity contribution in [1.82, 2.24) is 14.5 Å². The molecule has 5 rings (SSSR count). The summed E-state index contributed by atoms with van der Waals surface area (Å²) in [6.07, 6.45) is 3.08. The molecule has 0 unspecified atom stereocenters. The Morgan fingerprint density at radius 3 is 2.57 bits per heavy atom. The quantitative estimate of drug-likeness (QED) is 0.440. The van der Waals surface area contributed by atoms with Gasteiger partial charge >= 0.3 is 6.36 Å². The zero-order valence-corrected chi connectivity index (χ0v) is 19.9. The normalized spacial score (nSPS) is 20.6. The number of aromatic nitrogens is 2. The van der Waals surface area contributed by atoms with E-state index >= 15 is 0 Å². The Bertz CT molecular complexity index is 1190. The third-order valence-corrected chi connectivity index (χ3v) is 7.46.